The number of nitrogens with two attached hydrogens (primary N) is 1. The zero-order chi connectivity index (χ0) is 9.68. The minimum absolute atomic E-state index is 0.547. The van der Waals surface area contributed by atoms with Gasteiger partial charge in [-0.05, 0) is 18.1 Å². The average Bonchev–Trinajstić information content (AvgIpc) is 2.16. The van der Waals surface area contributed by atoms with E-state index in [0.717, 1.165) is 11.1 Å². The minimum atomic E-state index is 0.547. The molecule has 0 bridgehead atoms. The van der Waals surface area contributed by atoms with Gasteiger partial charge in [0.1, 0.15) is 0 Å². The van der Waals surface area contributed by atoms with Gasteiger partial charge in [0.2, 0.25) is 5.88 Å². The van der Waals surface area contributed by atoms with Crippen molar-refractivity contribution in [2.45, 2.75) is 6.92 Å². The highest BCUT2D eigenvalue weighted by Gasteiger charge is 1.97. The lowest BCUT2D eigenvalue weighted by molar-refractivity contribution is 0.397. The molecule has 0 atom stereocenters. The summed E-state index contributed by atoms with van der Waals surface area (Å²) in [6.45, 7) is 2.56. The van der Waals surface area contributed by atoms with E-state index in [9.17, 15) is 0 Å². The molecule has 1 aromatic heterocycles. The Labute approximate surface area is 78.2 Å². The average molecular weight is 178 g/mol. The lowest BCUT2D eigenvalue weighted by Crippen LogP contribution is -1.93. The highest BCUT2D eigenvalue weighted by atomic mass is 16.5. The Morgan fingerprint density at radius 1 is 1.62 bits per heavy atom. The first-order valence-corrected chi connectivity index (χ1v) is 4.15. The number of aromatic nitrogens is 1. The summed E-state index contributed by atoms with van der Waals surface area (Å²) < 4.78 is 4.99. The van der Waals surface area contributed by atoms with Crippen LogP contribution in [0.15, 0.2) is 18.3 Å². The predicted octanol–water partition coefficient (Wildman–Crippen LogP) is 1.37. The van der Waals surface area contributed by atoms with Crippen LogP contribution in [0.3, 0.4) is 0 Å². The zero-order valence-electron chi connectivity index (χ0n) is 7.95. The fourth-order valence-electron chi connectivity index (χ4n) is 1.02. The van der Waals surface area contributed by atoms with Crippen LogP contribution >= 0.6 is 0 Å². The number of nitrogens with zero attached hydrogens (tertiary/aromatic N) is 1. The van der Waals surface area contributed by atoms with Gasteiger partial charge >= 0.3 is 0 Å². The van der Waals surface area contributed by atoms with Crippen molar-refractivity contribution in [2.24, 2.45) is 5.73 Å². The Bertz CT molecular complexity index is 308. The molecule has 3 heteroatoms. The minimum Gasteiger partial charge on any atom is -0.481 e. The molecule has 0 spiro atoms. The molecule has 3 nitrogen and oxygen atoms in total. The Balaban J connectivity index is 2.91. The topological polar surface area (TPSA) is 48.1 Å². The highest BCUT2D eigenvalue weighted by Crippen LogP contribution is 2.14. The number of rotatable bonds is 3. The first-order chi connectivity index (χ1) is 6.27. The van der Waals surface area contributed by atoms with E-state index in [1.807, 2.05) is 25.1 Å². The molecular formula is C10H14N2O. The van der Waals surface area contributed by atoms with E-state index in [1.54, 1.807) is 13.3 Å². The van der Waals surface area contributed by atoms with Gasteiger partial charge in [0.25, 0.3) is 0 Å². The smallest absolute Gasteiger partial charge is 0.213 e. The summed E-state index contributed by atoms with van der Waals surface area (Å²) in [5, 5.41) is 0. The molecular weight excluding hydrogens is 164 g/mol. The number of pyridine rings is 1. The molecule has 0 saturated heterocycles. The molecule has 13 heavy (non-hydrogen) atoms. The van der Waals surface area contributed by atoms with Crippen LogP contribution in [0.5, 0.6) is 5.88 Å². The molecule has 0 aliphatic heterocycles. The molecule has 0 aromatic carbocycles. The van der Waals surface area contributed by atoms with Crippen LogP contribution in [0.25, 0.3) is 6.08 Å². The van der Waals surface area contributed by atoms with Crippen LogP contribution in [0.4, 0.5) is 0 Å². The summed E-state index contributed by atoms with van der Waals surface area (Å²) in [5.74, 6) is 0.641. The maximum absolute atomic E-state index is 5.35. The quantitative estimate of drug-likeness (QED) is 0.760. The van der Waals surface area contributed by atoms with Crippen molar-refractivity contribution >= 4 is 6.08 Å². The molecule has 1 heterocycles. The van der Waals surface area contributed by atoms with Crippen molar-refractivity contribution in [1.82, 2.24) is 4.98 Å². The molecule has 0 saturated carbocycles. The first kappa shape index (κ1) is 9.74. The van der Waals surface area contributed by atoms with Crippen molar-refractivity contribution < 1.29 is 4.74 Å². The second-order valence-electron chi connectivity index (χ2n) is 2.72. The lowest BCUT2D eigenvalue weighted by Gasteiger charge is -2.02. The zero-order valence-corrected chi connectivity index (χ0v) is 7.95. The van der Waals surface area contributed by atoms with Crippen LogP contribution in [-0.2, 0) is 0 Å². The van der Waals surface area contributed by atoms with Crippen LogP contribution in [0.1, 0.15) is 11.1 Å². The first-order valence-electron chi connectivity index (χ1n) is 4.15. The van der Waals surface area contributed by atoms with E-state index in [1.165, 1.54) is 0 Å². The lowest BCUT2D eigenvalue weighted by atomic mass is 10.1. The molecule has 1 rings (SSSR count). The van der Waals surface area contributed by atoms with E-state index in [0.29, 0.717) is 12.4 Å². The van der Waals surface area contributed by atoms with Crippen molar-refractivity contribution in [3.05, 3.63) is 29.5 Å². The number of aryl methyl sites for hydroxylation is 1. The van der Waals surface area contributed by atoms with E-state index in [2.05, 4.69) is 4.98 Å². The summed E-state index contributed by atoms with van der Waals surface area (Å²) in [4.78, 5) is 4.10. The standard InChI is InChI=1S/C10H14N2O/c1-8-6-10(13-2)12-7-9(8)4-3-5-11/h3-4,6-7H,5,11H2,1-2H3. The van der Waals surface area contributed by atoms with E-state index in [4.69, 9.17) is 10.5 Å². The van der Waals surface area contributed by atoms with Gasteiger partial charge in [-0.25, -0.2) is 4.98 Å². The Morgan fingerprint density at radius 2 is 2.38 bits per heavy atom. The SMILES string of the molecule is COc1cc(C)c(C=CCN)cn1. The monoisotopic (exact) mass is 178 g/mol. The highest BCUT2D eigenvalue weighted by molar-refractivity contribution is 5.53. The van der Waals surface area contributed by atoms with Crippen LogP contribution in [0.2, 0.25) is 0 Å². The predicted molar refractivity (Wildman–Crippen MR) is 53.6 cm³/mol. The third kappa shape index (κ3) is 2.56. The van der Waals surface area contributed by atoms with Gasteiger partial charge in [0.15, 0.2) is 0 Å². The second kappa shape index (κ2) is 4.62. The Morgan fingerprint density at radius 3 is 2.92 bits per heavy atom. The molecule has 0 fully saturated rings. The van der Waals surface area contributed by atoms with Gasteiger partial charge in [-0.1, -0.05) is 12.2 Å². The van der Waals surface area contributed by atoms with Crippen LogP contribution in [0, 0.1) is 6.92 Å². The maximum Gasteiger partial charge on any atom is 0.213 e. The van der Waals surface area contributed by atoms with Crippen molar-refractivity contribution in [3.8, 4) is 5.88 Å². The van der Waals surface area contributed by atoms with Crippen molar-refractivity contribution in [1.29, 1.82) is 0 Å². The fraction of sp³-hybridized carbons (Fsp3) is 0.300. The molecule has 2 N–H and O–H groups in total. The van der Waals surface area contributed by atoms with Gasteiger partial charge in [-0.15, -0.1) is 0 Å². The van der Waals surface area contributed by atoms with Crippen LogP contribution in [-0.4, -0.2) is 18.6 Å². The van der Waals surface area contributed by atoms with Gasteiger partial charge in [-0.2, -0.15) is 0 Å². The summed E-state index contributed by atoms with van der Waals surface area (Å²) in [6.07, 6.45) is 5.64. The van der Waals surface area contributed by atoms with Gasteiger partial charge in [-0.3, -0.25) is 0 Å². The summed E-state index contributed by atoms with van der Waals surface area (Å²) >= 11 is 0. The molecule has 0 radical (unpaired) electrons. The van der Waals surface area contributed by atoms with Crippen LogP contribution < -0.4 is 10.5 Å². The van der Waals surface area contributed by atoms with E-state index >= 15 is 0 Å². The number of methoxy groups -OCH3 is 1. The van der Waals surface area contributed by atoms with E-state index in [-0.39, 0.29) is 0 Å². The molecule has 1 aromatic rings. The number of hydrogen-bond donors (Lipinski definition) is 1. The summed E-state index contributed by atoms with van der Waals surface area (Å²) in [5.41, 5.74) is 7.56. The second-order valence-corrected chi connectivity index (χ2v) is 2.72. The largest absolute Gasteiger partial charge is 0.481 e. The summed E-state index contributed by atoms with van der Waals surface area (Å²) in [6, 6.07) is 1.90. The number of hydrogen-bond acceptors (Lipinski definition) is 3. The molecule has 70 valence electrons. The van der Waals surface area contributed by atoms with Crippen molar-refractivity contribution in [3.63, 3.8) is 0 Å². The molecule has 0 aliphatic rings. The maximum atomic E-state index is 5.35. The van der Waals surface area contributed by atoms with Crippen molar-refractivity contribution in [2.75, 3.05) is 13.7 Å². The normalized spacial score (nSPS) is 10.7. The molecule has 0 aliphatic carbocycles. The van der Waals surface area contributed by atoms with Gasteiger partial charge < -0.3 is 10.5 Å². The number of ether oxygens (including phenoxy) is 1. The van der Waals surface area contributed by atoms with Gasteiger partial charge in [0, 0.05) is 18.8 Å². The summed E-state index contributed by atoms with van der Waals surface area (Å²) in [7, 11) is 1.61. The Kier molecular flexibility index (Phi) is 3.46. The molecule has 0 unspecified atom stereocenters. The third-order valence-corrected chi connectivity index (χ3v) is 1.77. The third-order valence-electron chi connectivity index (χ3n) is 1.77. The fourth-order valence-corrected chi connectivity index (χ4v) is 1.02. The Hall–Kier alpha value is -1.35. The van der Waals surface area contributed by atoms with E-state index < -0.39 is 0 Å². The molecule has 0 amide bonds. The van der Waals surface area contributed by atoms with Gasteiger partial charge in [0.05, 0.1) is 7.11 Å².